The van der Waals surface area contributed by atoms with Gasteiger partial charge in [-0.05, 0) is 48.6 Å². The normalized spacial score (nSPS) is 16.5. The highest BCUT2D eigenvalue weighted by molar-refractivity contribution is 7.89. The topological polar surface area (TPSA) is 66.5 Å². The summed E-state index contributed by atoms with van der Waals surface area (Å²) in [6.07, 6.45) is -4.29. The molecule has 2 aromatic carbocycles. The Morgan fingerprint density at radius 1 is 1.06 bits per heavy atom. The Kier molecular flexibility index (Phi) is 6.76. The van der Waals surface area contributed by atoms with Crippen molar-refractivity contribution in [2.24, 2.45) is 5.92 Å². The minimum Gasteiger partial charge on any atom is -0.326 e. The molecule has 1 aliphatic rings. The zero-order valence-corrected chi connectivity index (χ0v) is 18.1. The first-order chi connectivity index (χ1) is 14.5. The molecule has 0 radical (unpaired) electrons. The van der Waals surface area contributed by atoms with Crippen LogP contribution in [0.2, 0.25) is 0 Å². The van der Waals surface area contributed by atoms with Gasteiger partial charge in [0.1, 0.15) is 0 Å². The predicted molar refractivity (Wildman–Crippen MR) is 112 cm³/mol. The largest absolute Gasteiger partial charge is 0.417 e. The summed E-state index contributed by atoms with van der Waals surface area (Å²) >= 11 is 0. The van der Waals surface area contributed by atoms with Gasteiger partial charge in [0.15, 0.2) is 0 Å². The summed E-state index contributed by atoms with van der Waals surface area (Å²) in [4.78, 5) is 11.9. The second-order valence-corrected chi connectivity index (χ2v) is 9.85. The molecule has 1 N–H and O–H groups in total. The molecule has 3 rings (SSSR count). The monoisotopic (exact) mass is 454 g/mol. The van der Waals surface area contributed by atoms with E-state index in [1.165, 1.54) is 6.07 Å². The maximum Gasteiger partial charge on any atom is 0.417 e. The first-order valence-corrected chi connectivity index (χ1v) is 11.5. The molecule has 1 amide bonds. The first kappa shape index (κ1) is 23.3. The molecular weight excluding hydrogens is 429 g/mol. The third-order valence-electron chi connectivity index (χ3n) is 5.46. The number of hydrogen-bond acceptors (Lipinski definition) is 3. The second-order valence-electron chi connectivity index (χ2n) is 7.94. The zero-order valence-electron chi connectivity index (χ0n) is 17.3. The van der Waals surface area contributed by atoms with Crippen LogP contribution in [0, 0.1) is 5.92 Å². The van der Waals surface area contributed by atoms with E-state index in [1.54, 1.807) is 6.07 Å². The van der Waals surface area contributed by atoms with E-state index >= 15 is 0 Å². The van der Waals surface area contributed by atoms with Crippen LogP contribution in [0.4, 0.5) is 18.9 Å². The van der Waals surface area contributed by atoms with Crippen LogP contribution in [-0.2, 0) is 21.0 Å². The minimum atomic E-state index is -4.77. The van der Waals surface area contributed by atoms with Gasteiger partial charge >= 0.3 is 6.18 Å². The van der Waals surface area contributed by atoms with Gasteiger partial charge in [-0.25, -0.2) is 8.42 Å². The molecule has 1 saturated heterocycles. The van der Waals surface area contributed by atoms with E-state index in [0.29, 0.717) is 11.6 Å². The maximum absolute atomic E-state index is 13.3. The Labute approximate surface area is 180 Å². The van der Waals surface area contributed by atoms with Crippen LogP contribution in [0.5, 0.6) is 0 Å². The van der Waals surface area contributed by atoms with Gasteiger partial charge in [0.2, 0.25) is 15.9 Å². The van der Waals surface area contributed by atoms with Crippen molar-refractivity contribution in [3.8, 4) is 0 Å². The van der Waals surface area contributed by atoms with Crippen molar-refractivity contribution < 1.29 is 26.4 Å². The summed E-state index contributed by atoms with van der Waals surface area (Å²) in [5.41, 5.74) is 0.576. The Morgan fingerprint density at radius 2 is 1.71 bits per heavy atom. The standard InChI is InChI=1S/C22H25F3N2O3S/c1-15(2)17-6-5-7-18(14-17)26-21(28)16-10-12-27(13-11-16)31(29,30)20-9-4-3-8-19(20)22(23,24)25/h3-9,14-16H,10-13H2,1-2H3,(H,26,28). The number of nitrogens with zero attached hydrogens (tertiary/aromatic N) is 1. The van der Waals surface area contributed by atoms with Crippen LogP contribution >= 0.6 is 0 Å². The molecule has 0 spiro atoms. The number of nitrogens with one attached hydrogen (secondary N) is 1. The predicted octanol–water partition coefficient (Wildman–Crippen LogP) is 4.87. The van der Waals surface area contributed by atoms with E-state index in [9.17, 15) is 26.4 Å². The van der Waals surface area contributed by atoms with Gasteiger partial charge in [-0.1, -0.05) is 38.1 Å². The van der Waals surface area contributed by atoms with Crippen LogP contribution in [0.15, 0.2) is 53.4 Å². The van der Waals surface area contributed by atoms with Crippen molar-refractivity contribution in [1.82, 2.24) is 4.31 Å². The average molecular weight is 455 g/mol. The highest BCUT2D eigenvalue weighted by atomic mass is 32.2. The average Bonchev–Trinajstić information content (AvgIpc) is 2.73. The van der Waals surface area contributed by atoms with E-state index in [4.69, 9.17) is 0 Å². The molecule has 0 unspecified atom stereocenters. The molecule has 0 saturated carbocycles. The molecule has 31 heavy (non-hydrogen) atoms. The minimum absolute atomic E-state index is 0.0152. The van der Waals surface area contributed by atoms with Crippen molar-refractivity contribution in [2.45, 2.75) is 43.7 Å². The van der Waals surface area contributed by atoms with Gasteiger partial charge < -0.3 is 5.32 Å². The van der Waals surface area contributed by atoms with Crippen molar-refractivity contribution >= 4 is 21.6 Å². The summed E-state index contributed by atoms with van der Waals surface area (Å²) in [5.74, 6) is -0.314. The molecule has 0 aliphatic carbocycles. The molecule has 1 aliphatic heterocycles. The van der Waals surface area contributed by atoms with Gasteiger partial charge in [0.25, 0.3) is 0 Å². The lowest BCUT2D eigenvalue weighted by atomic mass is 9.97. The number of anilines is 1. The summed E-state index contributed by atoms with van der Waals surface area (Å²) in [5, 5.41) is 2.87. The van der Waals surface area contributed by atoms with Crippen LogP contribution in [0.25, 0.3) is 0 Å². The fourth-order valence-corrected chi connectivity index (χ4v) is 5.32. The number of benzene rings is 2. The van der Waals surface area contributed by atoms with Gasteiger partial charge in [-0.3, -0.25) is 4.79 Å². The van der Waals surface area contributed by atoms with Crippen LogP contribution < -0.4 is 5.32 Å². The number of sulfonamides is 1. The number of carbonyl (C=O) groups is 1. The van der Waals surface area contributed by atoms with E-state index in [1.807, 2.05) is 32.0 Å². The molecule has 0 bridgehead atoms. The molecule has 2 aromatic rings. The molecule has 168 valence electrons. The Balaban J connectivity index is 1.68. The molecule has 0 aromatic heterocycles. The molecular formula is C22H25F3N2O3S. The quantitative estimate of drug-likeness (QED) is 0.701. The smallest absolute Gasteiger partial charge is 0.326 e. The molecule has 9 heteroatoms. The molecule has 5 nitrogen and oxygen atoms in total. The van der Waals surface area contributed by atoms with E-state index < -0.39 is 32.6 Å². The third kappa shape index (κ3) is 5.27. The lowest BCUT2D eigenvalue weighted by Gasteiger charge is -2.31. The van der Waals surface area contributed by atoms with E-state index in [-0.39, 0.29) is 31.8 Å². The second kappa shape index (κ2) is 9.00. The summed E-state index contributed by atoms with van der Waals surface area (Å²) in [7, 11) is -4.32. The van der Waals surface area contributed by atoms with Gasteiger partial charge in [0.05, 0.1) is 10.5 Å². The summed E-state index contributed by atoms with van der Waals surface area (Å²) in [6.45, 7) is 4.07. The molecule has 1 fully saturated rings. The van der Waals surface area contributed by atoms with Gasteiger partial charge in [-0.2, -0.15) is 17.5 Å². The van der Waals surface area contributed by atoms with Crippen molar-refractivity contribution in [2.75, 3.05) is 18.4 Å². The van der Waals surface area contributed by atoms with E-state index in [2.05, 4.69) is 5.32 Å². The fourth-order valence-electron chi connectivity index (χ4n) is 3.64. The maximum atomic E-state index is 13.3. The molecule has 1 heterocycles. The van der Waals surface area contributed by atoms with Crippen molar-refractivity contribution in [1.29, 1.82) is 0 Å². The number of halogens is 3. The summed E-state index contributed by atoms with van der Waals surface area (Å²) < 4.78 is 66.5. The van der Waals surface area contributed by atoms with Crippen molar-refractivity contribution in [3.63, 3.8) is 0 Å². The first-order valence-electron chi connectivity index (χ1n) is 10.1. The van der Waals surface area contributed by atoms with Gasteiger partial charge in [-0.15, -0.1) is 0 Å². The SMILES string of the molecule is CC(C)c1cccc(NC(=O)C2CCN(S(=O)(=O)c3ccccc3C(F)(F)F)CC2)c1. The number of amides is 1. The number of rotatable bonds is 5. The summed E-state index contributed by atoms with van der Waals surface area (Å²) in [6, 6.07) is 11.7. The van der Waals surface area contributed by atoms with Gasteiger partial charge in [0, 0.05) is 24.7 Å². The lowest BCUT2D eigenvalue weighted by Crippen LogP contribution is -2.41. The fraction of sp³-hybridized carbons (Fsp3) is 0.409. The van der Waals surface area contributed by atoms with Crippen LogP contribution in [0.1, 0.15) is 43.7 Å². The number of carbonyl (C=O) groups excluding carboxylic acids is 1. The number of hydrogen-bond donors (Lipinski definition) is 1. The third-order valence-corrected chi connectivity index (χ3v) is 7.41. The Morgan fingerprint density at radius 3 is 2.32 bits per heavy atom. The van der Waals surface area contributed by atoms with Crippen LogP contribution in [0.3, 0.4) is 0 Å². The zero-order chi connectivity index (χ0) is 22.8. The Bertz CT molecular complexity index is 1040. The number of alkyl halides is 3. The van der Waals surface area contributed by atoms with Crippen LogP contribution in [-0.4, -0.2) is 31.7 Å². The van der Waals surface area contributed by atoms with E-state index in [0.717, 1.165) is 28.1 Å². The number of piperidine rings is 1. The highest BCUT2D eigenvalue weighted by Crippen LogP contribution is 2.36. The van der Waals surface area contributed by atoms with Crippen molar-refractivity contribution in [3.05, 3.63) is 59.7 Å². The molecule has 0 atom stereocenters. The highest BCUT2D eigenvalue weighted by Gasteiger charge is 2.40. The lowest BCUT2D eigenvalue weighted by molar-refractivity contribution is -0.139. The Hall–Kier alpha value is -2.39.